The highest BCUT2D eigenvalue weighted by Gasteiger charge is 2.05. The molecular formula is C11H15ClS. The lowest BCUT2D eigenvalue weighted by Crippen LogP contribution is -1.94. The molecule has 0 saturated heterocycles. The van der Waals surface area contributed by atoms with Gasteiger partial charge in [-0.3, -0.25) is 0 Å². The Morgan fingerprint density at radius 1 is 1.15 bits per heavy atom. The highest BCUT2D eigenvalue weighted by Crippen LogP contribution is 2.27. The fourth-order valence-corrected chi connectivity index (χ4v) is 2.10. The van der Waals surface area contributed by atoms with Crippen LogP contribution in [0.15, 0.2) is 29.2 Å². The van der Waals surface area contributed by atoms with E-state index in [-0.39, 0.29) is 0 Å². The molecule has 0 heterocycles. The van der Waals surface area contributed by atoms with Crippen molar-refractivity contribution < 1.29 is 0 Å². The second kappa shape index (κ2) is 5.56. The first-order valence-corrected chi connectivity index (χ1v) is 6.34. The summed E-state index contributed by atoms with van der Waals surface area (Å²) in [5.41, 5.74) is 1.43. The van der Waals surface area contributed by atoms with E-state index in [1.807, 2.05) is 0 Å². The lowest BCUT2D eigenvalue weighted by atomic mass is 9.94. The minimum absolute atomic E-state index is 0.703. The maximum atomic E-state index is 5.64. The fourth-order valence-electron chi connectivity index (χ4n) is 1.55. The molecule has 72 valence electrons. The van der Waals surface area contributed by atoms with E-state index in [0.717, 1.165) is 4.90 Å². The van der Waals surface area contributed by atoms with Crippen molar-refractivity contribution in [1.29, 1.82) is 0 Å². The molecule has 0 aromatic heterocycles. The molecule has 0 radical (unpaired) electrons. The molecule has 0 aliphatic rings. The summed E-state index contributed by atoms with van der Waals surface area (Å²) < 4.78 is 0. The lowest BCUT2D eigenvalue weighted by Gasteiger charge is -2.12. The minimum Gasteiger partial charge on any atom is -0.0648 e. The van der Waals surface area contributed by atoms with Gasteiger partial charge in [-0.05, 0) is 58.1 Å². The zero-order valence-electron chi connectivity index (χ0n) is 8.09. The van der Waals surface area contributed by atoms with Crippen molar-refractivity contribution in [1.82, 2.24) is 0 Å². The molecule has 0 nitrogen and oxygen atoms in total. The molecule has 0 atom stereocenters. The van der Waals surface area contributed by atoms with Crippen LogP contribution < -0.4 is 0 Å². The summed E-state index contributed by atoms with van der Waals surface area (Å²) in [7, 11) is 6.92. The Labute approximate surface area is 89.2 Å². The third-order valence-electron chi connectivity index (χ3n) is 2.43. The minimum atomic E-state index is 0.703. The molecular weight excluding hydrogens is 200 g/mol. The molecule has 1 aromatic carbocycles. The number of hydrogen-bond donors (Lipinski definition) is 0. The number of halogens is 1. The van der Waals surface area contributed by atoms with E-state index in [9.17, 15) is 0 Å². The fraction of sp³-hybridized carbons (Fsp3) is 0.455. The van der Waals surface area contributed by atoms with Crippen molar-refractivity contribution in [3.8, 4) is 0 Å². The molecule has 0 N–H and O–H groups in total. The van der Waals surface area contributed by atoms with Crippen molar-refractivity contribution in [3.05, 3.63) is 29.8 Å². The maximum Gasteiger partial charge on any atom is 0.0233 e. The first-order valence-electron chi connectivity index (χ1n) is 4.70. The van der Waals surface area contributed by atoms with Crippen LogP contribution in [-0.4, -0.2) is 0 Å². The van der Waals surface area contributed by atoms with Gasteiger partial charge in [0.1, 0.15) is 0 Å². The largest absolute Gasteiger partial charge is 0.0648 e. The average Bonchev–Trinajstić information content (AvgIpc) is 2.21. The molecule has 0 aliphatic carbocycles. The Kier molecular flexibility index (Phi) is 4.68. The average molecular weight is 215 g/mol. The van der Waals surface area contributed by atoms with Gasteiger partial charge in [-0.25, -0.2) is 0 Å². The van der Waals surface area contributed by atoms with Crippen LogP contribution in [0.25, 0.3) is 0 Å². The number of rotatable bonds is 4. The zero-order chi connectivity index (χ0) is 9.68. The SMILES string of the molecule is CCC(CC)c1ccc(SCl)cc1. The normalized spacial score (nSPS) is 10.8. The molecule has 0 spiro atoms. The van der Waals surface area contributed by atoms with Crippen molar-refractivity contribution in [2.24, 2.45) is 0 Å². The van der Waals surface area contributed by atoms with Crippen molar-refractivity contribution in [2.45, 2.75) is 37.5 Å². The van der Waals surface area contributed by atoms with Crippen LogP contribution >= 0.6 is 21.7 Å². The van der Waals surface area contributed by atoms with Crippen LogP contribution in [0.4, 0.5) is 0 Å². The van der Waals surface area contributed by atoms with Gasteiger partial charge < -0.3 is 0 Å². The van der Waals surface area contributed by atoms with Crippen LogP contribution in [0.2, 0.25) is 0 Å². The Morgan fingerprint density at radius 3 is 2.08 bits per heavy atom. The van der Waals surface area contributed by atoms with E-state index in [1.165, 1.54) is 29.4 Å². The Bertz CT molecular complexity index is 239. The van der Waals surface area contributed by atoms with Gasteiger partial charge in [0, 0.05) is 4.90 Å². The molecule has 1 rings (SSSR count). The summed E-state index contributed by atoms with van der Waals surface area (Å²) in [5, 5.41) is 0. The quantitative estimate of drug-likeness (QED) is 0.692. The first kappa shape index (κ1) is 10.9. The second-order valence-corrected chi connectivity index (χ2v) is 4.25. The standard InChI is InChI=1S/C11H15ClS/c1-3-9(4-2)10-5-7-11(13-12)8-6-10/h5-9H,3-4H2,1-2H3. The van der Waals surface area contributed by atoms with Gasteiger partial charge in [-0.1, -0.05) is 26.0 Å². The van der Waals surface area contributed by atoms with Gasteiger partial charge in [0.05, 0.1) is 0 Å². The zero-order valence-corrected chi connectivity index (χ0v) is 9.66. The molecule has 1 aromatic rings. The predicted octanol–water partition coefficient (Wildman–Crippen LogP) is 4.84. The Balaban J connectivity index is 2.78. The molecule has 0 bridgehead atoms. The molecule has 0 saturated carbocycles. The smallest absolute Gasteiger partial charge is 0.0233 e. The summed E-state index contributed by atoms with van der Waals surface area (Å²) in [6, 6.07) is 8.54. The van der Waals surface area contributed by atoms with E-state index in [0.29, 0.717) is 5.92 Å². The van der Waals surface area contributed by atoms with E-state index in [2.05, 4.69) is 38.1 Å². The molecule has 0 aliphatic heterocycles. The van der Waals surface area contributed by atoms with E-state index < -0.39 is 0 Å². The number of hydrogen-bond acceptors (Lipinski definition) is 1. The van der Waals surface area contributed by atoms with E-state index in [4.69, 9.17) is 10.7 Å². The predicted molar refractivity (Wildman–Crippen MR) is 61.5 cm³/mol. The molecule has 0 unspecified atom stereocenters. The van der Waals surface area contributed by atoms with Crippen LogP contribution in [0.3, 0.4) is 0 Å². The second-order valence-electron chi connectivity index (χ2n) is 3.16. The van der Waals surface area contributed by atoms with Gasteiger partial charge in [0.2, 0.25) is 0 Å². The highest BCUT2D eigenvalue weighted by atomic mass is 35.7. The Hall–Kier alpha value is -0.140. The first-order chi connectivity index (χ1) is 6.31. The summed E-state index contributed by atoms with van der Waals surface area (Å²) in [6.07, 6.45) is 2.42. The monoisotopic (exact) mass is 214 g/mol. The molecule has 0 fully saturated rings. The third-order valence-corrected chi connectivity index (χ3v) is 3.41. The van der Waals surface area contributed by atoms with Gasteiger partial charge in [0.15, 0.2) is 0 Å². The van der Waals surface area contributed by atoms with Crippen molar-refractivity contribution in [2.75, 3.05) is 0 Å². The van der Waals surface area contributed by atoms with Gasteiger partial charge in [-0.15, -0.1) is 0 Å². The van der Waals surface area contributed by atoms with E-state index in [1.54, 1.807) is 0 Å². The highest BCUT2D eigenvalue weighted by molar-refractivity contribution is 8.21. The van der Waals surface area contributed by atoms with Crippen LogP contribution in [0.5, 0.6) is 0 Å². The molecule has 13 heavy (non-hydrogen) atoms. The maximum absolute atomic E-state index is 5.64. The number of benzene rings is 1. The van der Waals surface area contributed by atoms with Crippen molar-refractivity contribution in [3.63, 3.8) is 0 Å². The summed E-state index contributed by atoms with van der Waals surface area (Å²) in [5.74, 6) is 0.703. The van der Waals surface area contributed by atoms with Crippen LogP contribution in [0, 0.1) is 0 Å². The van der Waals surface area contributed by atoms with Crippen LogP contribution in [0.1, 0.15) is 38.2 Å². The lowest BCUT2D eigenvalue weighted by molar-refractivity contribution is 0.641. The summed E-state index contributed by atoms with van der Waals surface area (Å²) in [6.45, 7) is 4.47. The third kappa shape index (κ3) is 2.92. The van der Waals surface area contributed by atoms with E-state index >= 15 is 0 Å². The molecule has 0 amide bonds. The van der Waals surface area contributed by atoms with Crippen molar-refractivity contribution >= 4 is 21.7 Å². The Morgan fingerprint density at radius 2 is 1.69 bits per heavy atom. The van der Waals surface area contributed by atoms with Gasteiger partial charge in [-0.2, -0.15) is 0 Å². The summed E-state index contributed by atoms with van der Waals surface area (Å²) >= 11 is 0. The topological polar surface area (TPSA) is 0 Å². The summed E-state index contributed by atoms with van der Waals surface area (Å²) in [4.78, 5) is 1.12. The van der Waals surface area contributed by atoms with Crippen LogP contribution in [-0.2, 0) is 0 Å². The van der Waals surface area contributed by atoms with Gasteiger partial charge in [0.25, 0.3) is 0 Å². The van der Waals surface area contributed by atoms with Gasteiger partial charge >= 0.3 is 0 Å². The molecule has 2 heteroatoms.